The largest absolute Gasteiger partial charge is 0.416 e. The van der Waals surface area contributed by atoms with E-state index in [1.807, 2.05) is 0 Å². The van der Waals surface area contributed by atoms with Crippen LogP contribution in [-0.4, -0.2) is 21.2 Å². The highest BCUT2D eigenvalue weighted by molar-refractivity contribution is 6.74. The van der Waals surface area contributed by atoms with E-state index in [0.29, 0.717) is 6.61 Å². The minimum Gasteiger partial charge on any atom is -0.416 e. The van der Waals surface area contributed by atoms with Gasteiger partial charge in [-0.1, -0.05) is 52.9 Å². The first kappa shape index (κ1) is 16.9. The molecular weight excluding hydrogens is 252 g/mol. The molecule has 0 amide bonds. The molecule has 1 saturated carbocycles. The average Bonchev–Trinajstić information content (AvgIpc) is 2.34. The predicted molar refractivity (Wildman–Crippen MR) is 83.9 cm³/mol. The summed E-state index contributed by atoms with van der Waals surface area (Å²) in [7, 11) is -1.71. The lowest BCUT2D eigenvalue weighted by Crippen LogP contribution is -2.42. The molecule has 0 heterocycles. The zero-order valence-electron chi connectivity index (χ0n) is 13.5. The summed E-state index contributed by atoms with van der Waals surface area (Å²) in [5.41, 5.74) is 0. The van der Waals surface area contributed by atoms with E-state index in [4.69, 9.17) is 4.43 Å². The highest BCUT2D eigenvalue weighted by atomic mass is 28.4. The summed E-state index contributed by atoms with van der Waals surface area (Å²) >= 11 is 0. The maximum absolute atomic E-state index is 11.3. The van der Waals surface area contributed by atoms with Crippen molar-refractivity contribution in [3.8, 4) is 0 Å². The van der Waals surface area contributed by atoms with Gasteiger partial charge in [0.25, 0.3) is 0 Å². The second kappa shape index (κ2) is 7.03. The SMILES string of the molecule is CC(C)(C)[Si](C)(C)OC[C@H](C=O)CC1CCCCC1. The third-order valence-electron chi connectivity index (χ3n) is 5.02. The van der Waals surface area contributed by atoms with E-state index in [1.54, 1.807) is 0 Å². The molecule has 0 aromatic carbocycles. The van der Waals surface area contributed by atoms with Crippen LogP contribution in [-0.2, 0) is 9.22 Å². The van der Waals surface area contributed by atoms with E-state index in [0.717, 1.165) is 18.6 Å². The van der Waals surface area contributed by atoms with Crippen molar-refractivity contribution in [1.82, 2.24) is 0 Å². The van der Waals surface area contributed by atoms with Crippen molar-refractivity contribution in [3.63, 3.8) is 0 Å². The van der Waals surface area contributed by atoms with Crippen molar-refractivity contribution in [2.75, 3.05) is 6.61 Å². The van der Waals surface area contributed by atoms with E-state index in [9.17, 15) is 4.79 Å². The van der Waals surface area contributed by atoms with Gasteiger partial charge in [0, 0.05) is 12.5 Å². The normalized spacial score (nSPS) is 20.3. The number of hydrogen-bond donors (Lipinski definition) is 0. The van der Waals surface area contributed by atoms with E-state index in [-0.39, 0.29) is 11.0 Å². The molecule has 0 radical (unpaired) electrons. The fraction of sp³-hybridized carbons (Fsp3) is 0.938. The molecule has 0 N–H and O–H groups in total. The molecule has 3 heteroatoms. The summed E-state index contributed by atoms with van der Waals surface area (Å²) in [6.07, 6.45) is 8.86. The van der Waals surface area contributed by atoms with Gasteiger partial charge in [-0.3, -0.25) is 0 Å². The minimum atomic E-state index is -1.71. The van der Waals surface area contributed by atoms with Gasteiger partial charge in [-0.05, 0) is 30.5 Å². The molecule has 0 unspecified atom stereocenters. The molecule has 0 aromatic heterocycles. The van der Waals surface area contributed by atoms with Crippen LogP contribution < -0.4 is 0 Å². The van der Waals surface area contributed by atoms with Crippen LogP contribution in [0.3, 0.4) is 0 Å². The van der Waals surface area contributed by atoms with Gasteiger partial charge in [-0.15, -0.1) is 0 Å². The Morgan fingerprint density at radius 1 is 1.21 bits per heavy atom. The molecule has 1 aliphatic rings. The van der Waals surface area contributed by atoms with Gasteiger partial charge in [0.1, 0.15) is 6.29 Å². The van der Waals surface area contributed by atoms with Crippen molar-refractivity contribution < 1.29 is 9.22 Å². The lowest BCUT2D eigenvalue weighted by molar-refractivity contribution is -0.112. The molecule has 0 aliphatic heterocycles. The Hall–Kier alpha value is -0.153. The van der Waals surface area contributed by atoms with Gasteiger partial charge in [0.15, 0.2) is 8.32 Å². The molecule has 1 aliphatic carbocycles. The van der Waals surface area contributed by atoms with E-state index >= 15 is 0 Å². The van der Waals surface area contributed by atoms with Crippen LogP contribution in [0.5, 0.6) is 0 Å². The summed E-state index contributed by atoms with van der Waals surface area (Å²) in [5.74, 6) is 0.865. The van der Waals surface area contributed by atoms with Gasteiger partial charge in [-0.25, -0.2) is 0 Å². The number of carbonyl (C=O) groups is 1. The second-order valence-electron chi connectivity index (χ2n) is 7.71. The topological polar surface area (TPSA) is 26.3 Å². The number of hydrogen-bond acceptors (Lipinski definition) is 2. The molecule has 0 bridgehead atoms. The number of carbonyl (C=O) groups excluding carboxylic acids is 1. The molecular formula is C16H32O2Si. The van der Waals surface area contributed by atoms with E-state index < -0.39 is 8.32 Å². The van der Waals surface area contributed by atoms with Gasteiger partial charge < -0.3 is 9.22 Å². The molecule has 112 valence electrons. The molecule has 0 spiro atoms. The second-order valence-corrected chi connectivity index (χ2v) is 12.5. The molecule has 1 fully saturated rings. The van der Waals surface area contributed by atoms with Crippen molar-refractivity contribution in [3.05, 3.63) is 0 Å². The highest BCUT2D eigenvalue weighted by Crippen LogP contribution is 2.37. The Balaban J connectivity index is 2.42. The zero-order chi connectivity index (χ0) is 14.5. The van der Waals surface area contributed by atoms with Crippen LogP contribution in [0.4, 0.5) is 0 Å². The van der Waals surface area contributed by atoms with E-state index in [2.05, 4.69) is 33.9 Å². The smallest absolute Gasteiger partial charge is 0.192 e. The number of aldehydes is 1. The monoisotopic (exact) mass is 284 g/mol. The molecule has 2 nitrogen and oxygen atoms in total. The van der Waals surface area contributed by atoms with Crippen molar-refractivity contribution in [2.24, 2.45) is 11.8 Å². The first-order chi connectivity index (χ1) is 8.76. The van der Waals surface area contributed by atoms with Crippen LogP contribution in [0.25, 0.3) is 0 Å². The molecule has 0 saturated heterocycles. The Labute approximate surface area is 120 Å². The van der Waals surface area contributed by atoms with Crippen molar-refractivity contribution in [1.29, 1.82) is 0 Å². The third-order valence-corrected chi connectivity index (χ3v) is 9.52. The fourth-order valence-corrected chi connectivity index (χ4v) is 3.61. The van der Waals surface area contributed by atoms with Gasteiger partial charge in [0.05, 0.1) is 0 Å². The van der Waals surface area contributed by atoms with Gasteiger partial charge in [-0.2, -0.15) is 0 Å². The Morgan fingerprint density at radius 3 is 2.26 bits per heavy atom. The summed E-state index contributed by atoms with van der Waals surface area (Å²) in [6.45, 7) is 11.9. The standard InChI is InChI=1S/C16H32O2Si/c1-16(2,3)19(4,5)18-13-15(12-17)11-14-9-7-6-8-10-14/h12,14-15H,6-11,13H2,1-5H3/t15-/m0/s1. The van der Waals surface area contributed by atoms with Crippen LogP contribution in [0.2, 0.25) is 18.1 Å². The summed E-state index contributed by atoms with van der Waals surface area (Å²) in [6, 6.07) is 0. The van der Waals surface area contributed by atoms with Crippen LogP contribution in [0.1, 0.15) is 59.3 Å². The average molecular weight is 285 g/mol. The third kappa shape index (κ3) is 5.39. The summed E-state index contributed by atoms with van der Waals surface area (Å²) in [4.78, 5) is 11.3. The molecule has 0 aromatic rings. The lowest BCUT2D eigenvalue weighted by atomic mass is 9.83. The fourth-order valence-electron chi connectivity index (χ4n) is 2.55. The maximum Gasteiger partial charge on any atom is 0.192 e. The minimum absolute atomic E-state index is 0.109. The molecule has 1 rings (SSSR count). The Bertz CT molecular complexity index is 275. The predicted octanol–water partition coefficient (Wildman–Crippen LogP) is 4.79. The Kier molecular flexibility index (Phi) is 6.25. The zero-order valence-corrected chi connectivity index (χ0v) is 14.5. The lowest BCUT2D eigenvalue weighted by Gasteiger charge is -2.37. The van der Waals surface area contributed by atoms with Gasteiger partial charge >= 0.3 is 0 Å². The van der Waals surface area contributed by atoms with Crippen molar-refractivity contribution in [2.45, 2.75) is 77.4 Å². The first-order valence-corrected chi connectivity index (χ1v) is 10.8. The summed E-state index contributed by atoms with van der Waals surface area (Å²) in [5, 5.41) is 0.227. The van der Waals surface area contributed by atoms with Crippen LogP contribution in [0.15, 0.2) is 0 Å². The maximum atomic E-state index is 11.3. The quantitative estimate of drug-likeness (QED) is 0.517. The van der Waals surface area contributed by atoms with Gasteiger partial charge in [0.2, 0.25) is 0 Å². The highest BCUT2D eigenvalue weighted by Gasteiger charge is 2.37. The number of rotatable bonds is 6. The molecule has 1 atom stereocenters. The van der Waals surface area contributed by atoms with Crippen LogP contribution in [0, 0.1) is 11.8 Å². The van der Waals surface area contributed by atoms with Crippen LogP contribution >= 0.6 is 0 Å². The Morgan fingerprint density at radius 2 is 1.79 bits per heavy atom. The molecule has 19 heavy (non-hydrogen) atoms. The van der Waals surface area contributed by atoms with E-state index in [1.165, 1.54) is 32.1 Å². The summed E-state index contributed by atoms with van der Waals surface area (Å²) < 4.78 is 6.20. The van der Waals surface area contributed by atoms with Crippen molar-refractivity contribution >= 4 is 14.6 Å². The first-order valence-electron chi connectivity index (χ1n) is 7.85.